The van der Waals surface area contributed by atoms with E-state index < -0.39 is 0 Å². The summed E-state index contributed by atoms with van der Waals surface area (Å²) >= 11 is 1.33. The predicted molar refractivity (Wildman–Crippen MR) is 152 cm³/mol. The van der Waals surface area contributed by atoms with Gasteiger partial charge in [0.05, 0.1) is 34.4 Å². The van der Waals surface area contributed by atoms with E-state index in [2.05, 4.69) is 28.3 Å². The van der Waals surface area contributed by atoms with Crippen molar-refractivity contribution >= 4 is 39.8 Å². The van der Waals surface area contributed by atoms with Gasteiger partial charge in [-0.05, 0) is 49.3 Å². The molecule has 2 aromatic carbocycles. The maximum absolute atomic E-state index is 13.8. The SMILES string of the molecule is Cc1nc(-c2ccccc2)c(C(=O)N2CC(=O)CCC2CNC(=O)c2cccc3cc(C4(C)CC4)cnc23)s1. The molecule has 6 rings (SSSR count). The summed E-state index contributed by atoms with van der Waals surface area (Å²) in [5.74, 6) is -0.437. The Morgan fingerprint density at radius 2 is 1.92 bits per heavy atom. The van der Waals surface area contributed by atoms with Gasteiger partial charge >= 0.3 is 0 Å². The number of rotatable bonds is 6. The number of aromatic nitrogens is 2. The molecular weight excluding hydrogens is 508 g/mol. The van der Waals surface area contributed by atoms with E-state index in [1.807, 2.05) is 55.6 Å². The van der Waals surface area contributed by atoms with Crippen molar-refractivity contribution in [2.45, 2.75) is 51.0 Å². The number of thiazole rings is 1. The highest BCUT2D eigenvalue weighted by molar-refractivity contribution is 7.14. The lowest BCUT2D eigenvalue weighted by atomic mass is 9.97. The first-order valence-electron chi connectivity index (χ1n) is 13.4. The van der Waals surface area contributed by atoms with Crippen molar-refractivity contribution in [2.24, 2.45) is 0 Å². The molecule has 0 bridgehead atoms. The number of carbonyl (C=O) groups excluding carboxylic acids is 3. The normalized spacial score (nSPS) is 18.3. The average Bonchev–Trinajstić information content (AvgIpc) is 3.59. The minimum absolute atomic E-state index is 0.0202. The van der Waals surface area contributed by atoms with Gasteiger partial charge in [0.1, 0.15) is 4.88 Å². The van der Waals surface area contributed by atoms with Gasteiger partial charge in [0.25, 0.3) is 11.8 Å². The van der Waals surface area contributed by atoms with Crippen LogP contribution in [0.1, 0.15) is 63.2 Å². The van der Waals surface area contributed by atoms with E-state index in [0.717, 1.165) is 28.8 Å². The zero-order chi connectivity index (χ0) is 27.1. The Balaban J connectivity index is 1.22. The Morgan fingerprint density at radius 1 is 1.13 bits per heavy atom. The number of fused-ring (bicyclic) bond motifs is 1. The highest BCUT2D eigenvalue weighted by atomic mass is 32.1. The Labute approximate surface area is 231 Å². The maximum atomic E-state index is 13.8. The fourth-order valence-corrected chi connectivity index (χ4v) is 6.18. The van der Waals surface area contributed by atoms with Crippen molar-refractivity contribution in [1.29, 1.82) is 0 Å². The molecule has 1 atom stereocenters. The summed E-state index contributed by atoms with van der Waals surface area (Å²) in [5.41, 5.74) is 4.08. The van der Waals surface area contributed by atoms with E-state index in [-0.39, 0.29) is 42.1 Å². The minimum atomic E-state index is -0.297. The minimum Gasteiger partial charge on any atom is -0.350 e. The number of ketones is 1. The Hall–Kier alpha value is -3.91. The molecule has 2 aliphatic rings. The van der Waals surface area contributed by atoms with Crippen LogP contribution in [0.3, 0.4) is 0 Å². The Morgan fingerprint density at radius 3 is 2.69 bits per heavy atom. The number of pyridine rings is 1. The van der Waals surface area contributed by atoms with Gasteiger partial charge < -0.3 is 10.2 Å². The van der Waals surface area contributed by atoms with E-state index in [1.165, 1.54) is 16.9 Å². The number of nitrogens with zero attached hydrogens (tertiary/aromatic N) is 3. The lowest BCUT2D eigenvalue weighted by Crippen LogP contribution is -2.52. The number of Topliss-reactive ketones (excluding diaryl/α,β-unsaturated/α-hetero) is 1. The van der Waals surface area contributed by atoms with Gasteiger partial charge in [-0.25, -0.2) is 4.98 Å². The van der Waals surface area contributed by atoms with Crippen LogP contribution in [0.15, 0.2) is 60.8 Å². The first kappa shape index (κ1) is 25.4. The molecule has 4 aromatic rings. The highest BCUT2D eigenvalue weighted by Crippen LogP contribution is 2.47. The van der Waals surface area contributed by atoms with Gasteiger partial charge in [-0.3, -0.25) is 19.4 Å². The molecule has 7 nitrogen and oxygen atoms in total. The molecule has 2 amide bonds. The molecule has 1 unspecified atom stereocenters. The van der Waals surface area contributed by atoms with E-state index in [9.17, 15) is 14.4 Å². The number of likely N-dealkylation sites (tertiary alicyclic amines) is 1. The zero-order valence-corrected chi connectivity index (χ0v) is 22.9. The van der Waals surface area contributed by atoms with Crippen LogP contribution in [0.25, 0.3) is 22.2 Å². The Kier molecular flexibility index (Phi) is 6.51. The van der Waals surface area contributed by atoms with Crippen LogP contribution in [-0.2, 0) is 10.2 Å². The third-order valence-electron chi connectivity index (χ3n) is 7.93. The number of hydrogen-bond donors (Lipinski definition) is 1. The quantitative estimate of drug-likeness (QED) is 0.359. The molecule has 1 saturated carbocycles. The average molecular weight is 539 g/mol. The van der Waals surface area contributed by atoms with E-state index in [4.69, 9.17) is 0 Å². The van der Waals surface area contributed by atoms with Gasteiger partial charge in [-0.1, -0.05) is 49.4 Å². The topological polar surface area (TPSA) is 92.3 Å². The van der Waals surface area contributed by atoms with Gasteiger partial charge in [-0.2, -0.15) is 0 Å². The molecule has 1 saturated heterocycles. The number of nitrogens with one attached hydrogen (secondary N) is 1. The van der Waals surface area contributed by atoms with Crippen LogP contribution >= 0.6 is 11.3 Å². The van der Waals surface area contributed by atoms with Crippen molar-refractivity contribution < 1.29 is 14.4 Å². The second-order valence-corrected chi connectivity index (χ2v) is 12.0. The number of aryl methyl sites for hydroxylation is 1. The molecule has 3 heterocycles. The van der Waals surface area contributed by atoms with Crippen LogP contribution in [0, 0.1) is 6.92 Å². The fourth-order valence-electron chi connectivity index (χ4n) is 5.28. The number of carbonyl (C=O) groups is 3. The molecule has 1 aliphatic heterocycles. The van der Waals surface area contributed by atoms with Gasteiger partial charge in [-0.15, -0.1) is 11.3 Å². The number of hydrogen-bond acceptors (Lipinski definition) is 6. The molecule has 0 radical (unpaired) electrons. The molecule has 0 spiro atoms. The number of para-hydroxylation sites is 1. The summed E-state index contributed by atoms with van der Waals surface area (Å²) in [6, 6.07) is 17.1. The molecule has 8 heteroatoms. The molecule has 1 N–H and O–H groups in total. The lowest BCUT2D eigenvalue weighted by Gasteiger charge is -2.35. The van der Waals surface area contributed by atoms with Crippen LogP contribution in [0.2, 0.25) is 0 Å². The number of benzene rings is 2. The highest BCUT2D eigenvalue weighted by Gasteiger charge is 2.39. The second-order valence-electron chi connectivity index (χ2n) is 10.8. The number of piperidine rings is 1. The number of amides is 2. The van der Waals surface area contributed by atoms with E-state index >= 15 is 0 Å². The van der Waals surface area contributed by atoms with Crippen molar-refractivity contribution in [3.63, 3.8) is 0 Å². The van der Waals surface area contributed by atoms with Crippen molar-refractivity contribution in [2.75, 3.05) is 13.1 Å². The van der Waals surface area contributed by atoms with E-state index in [0.29, 0.717) is 34.5 Å². The summed E-state index contributed by atoms with van der Waals surface area (Å²) in [6.07, 6.45) is 5.09. The van der Waals surface area contributed by atoms with Crippen LogP contribution in [0.5, 0.6) is 0 Å². The molecular formula is C31H30N4O3S. The molecule has 1 aliphatic carbocycles. The van der Waals surface area contributed by atoms with Gasteiger partial charge in [0.15, 0.2) is 5.78 Å². The summed E-state index contributed by atoms with van der Waals surface area (Å²) < 4.78 is 0. The predicted octanol–water partition coefficient (Wildman–Crippen LogP) is 5.32. The summed E-state index contributed by atoms with van der Waals surface area (Å²) in [6.45, 7) is 4.40. The molecule has 2 fully saturated rings. The monoisotopic (exact) mass is 538 g/mol. The first-order chi connectivity index (χ1) is 18.8. The van der Waals surface area contributed by atoms with E-state index in [1.54, 1.807) is 11.0 Å². The molecule has 198 valence electrons. The fraction of sp³-hybridized carbons (Fsp3) is 0.323. The third kappa shape index (κ3) is 4.96. The van der Waals surface area contributed by atoms with Gasteiger partial charge in [0.2, 0.25) is 0 Å². The summed E-state index contributed by atoms with van der Waals surface area (Å²) in [5, 5.41) is 4.76. The van der Waals surface area contributed by atoms with Crippen molar-refractivity contribution in [1.82, 2.24) is 20.2 Å². The van der Waals surface area contributed by atoms with Crippen LogP contribution < -0.4 is 5.32 Å². The van der Waals surface area contributed by atoms with Gasteiger partial charge in [0, 0.05) is 30.1 Å². The zero-order valence-electron chi connectivity index (χ0n) is 22.1. The smallest absolute Gasteiger partial charge is 0.266 e. The molecule has 39 heavy (non-hydrogen) atoms. The van der Waals surface area contributed by atoms with Crippen molar-refractivity contribution in [3.8, 4) is 11.3 Å². The van der Waals surface area contributed by atoms with Crippen LogP contribution in [-0.4, -0.2) is 51.6 Å². The first-order valence-corrected chi connectivity index (χ1v) is 14.2. The van der Waals surface area contributed by atoms with Crippen LogP contribution in [0.4, 0.5) is 0 Å². The summed E-state index contributed by atoms with van der Waals surface area (Å²) in [4.78, 5) is 50.9. The molecule has 2 aromatic heterocycles. The Bertz CT molecular complexity index is 1590. The standard InChI is InChI=1S/C31H30N4O3S/c1-19-34-27(20-7-4-3-5-8-20)28(39-19)30(38)35-18-24(36)12-11-23(35)17-33-29(37)25-10-6-9-21-15-22(16-32-26(21)25)31(2)13-14-31/h3-10,15-16,23H,11-14,17-18H2,1-2H3,(H,33,37). The summed E-state index contributed by atoms with van der Waals surface area (Å²) in [7, 11) is 0. The van der Waals surface area contributed by atoms with Crippen molar-refractivity contribution in [3.05, 3.63) is 81.8 Å². The second kappa shape index (κ2) is 10.0. The third-order valence-corrected chi connectivity index (χ3v) is 8.89. The lowest BCUT2D eigenvalue weighted by molar-refractivity contribution is -0.122. The largest absolute Gasteiger partial charge is 0.350 e. The maximum Gasteiger partial charge on any atom is 0.266 e.